The number of rotatable bonds is 7. The maximum Gasteiger partial charge on any atom is 0.0490 e. The second kappa shape index (κ2) is 6.90. The van der Waals surface area contributed by atoms with E-state index in [4.69, 9.17) is 0 Å². The Balaban J connectivity index is 2.06. The molecule has 0 saturated heterocycles. The maximum atomic E-state index is 3.91. The van der Waals surface area contributed by atoms with Crippen LogP contribution >= 0.6 is 11.8 Å². The highest BCUT2D eigenvalue weighted by Gasteiger charge is 2.01. The molecule has 0 aliphatic heterocycles. The highest BCUT2D eigenvalue weighted by Crippen LogP contribution is 2.04. The van der Waals surface area contributed by atoms with Gasteiger partial charge in [-0.05, 0) is 30.9 Å². The van der Waals surface area contributed by atoms with Crippen LogP contribution in [-0.4, -0.2) is 27.7 Å². The lowest BCUT2D eigenvalue weighted by molar-refractivity contribution is 0.532. The monoisotopic (exact) mass is 213 g/mol. The minimum absolute atomic E-state index is 0.581. The molecule has 0 fully saturated rings. The average Bonchev–Trinajstić information content (AvgIpc) is 2.68. The van der Waals surface area contributed by atoms with Crippen molar-refractivity contribution in [1.82, 2.24) is 15.5 Å². The summed E-state index contributed by atoms with van der Waals surface area (Å²) in [4.78, 5) is 0. The third-order valence-electron chi connectivity index (χ3n) is 2.10. The molecule has 3 nitrogen and oxygen atoms in total. The normalized spacial score (nSPS) is 13.0. The second-order valence-electron chi connectivity index (χ2n) is 3.35. The Morgan fingerprint density at radius 1 is 1.64 bits per heavy atom. The van der Waals surface area contributed by atoms with Crippen LogP contribution in [0.3, 0.4) is 0 Å². The van der Waals surface area contributed by atoms with E-state index in [1.165, 1.54) is 17.9 Å². The predicted molar refractivity (Wildman–Crippen MR) is 62.5 cm³/mol. The number of aromatic amines is 1. The largest absolute Gasteiger partial charge is 0.309 e. The van der Waals surface area contributed by atoms with Gasteiger partial charge in [0.05, 0.1) is 0 Å². The van der Waals surface area contributed by atoms with Crippen LogP contribution in [0.15, 0.2) is 12.3 Å². The molecule has 1 atom stereocenters. The summed E-state index contributed by atoms with van der Waals surface area (Å²) in [6.07, 6.45) is 3.02. The zero-order valence-electron chi connectivity index (χ0n) is 8.92. The van der Waals surface area contributed by atoms with Gasteiger partial charge >= 0.3 is 0 Å². The molecule has 80 valence electrons. The van der Waals surface area contributed by atoms with Crippen LogP contribution in [0, 0.1) is 0 Å². The molecule has 2 N–H and O–H groups in total. The number of aromatic nitrogens is 2. The molecule has 4 heteroatoms. The van der Waals surface area contributed by atoms with Crippen molar-refractivity contribution in [2.45, 2.75) is 32.9 Å². The fourth-order valence-electron chi connectivity index (χ4n) is 1.17. The SMILES string of the molecule is CCSCCC(C)NCc1ccn[nH]1. The molecule has 1 rings (SSSR count). The third-order valence-corrected chi connectivity index (χ3v) is 3.03. The van der Waals surface area contributed by atoms with Gasteiger partial charge in [-0.2, -0.15) is 16.9 Å². The maximum absolute atomic E-state index is 3.91. The van der Waals surface area contributed by atoms with Crippen molar-refractivity contribution >= 4 is 11.8 Å². The van der Waals surface area contributed by atoms with Crippen molar-refractivity contribution < 1.29 is 0 Å². The van der Waals surface area contributed by atoms with Gasteiger partial charge < -0.3 is 5.32 Å². The highest BCUT2D eigenvalue weighted by atomic mass is 32.2. The van der Waals surface area contributed by atoms with E-state index in [0.717, 1.165) is 12.2 Å². The van der Waals surface area contributed by atoms with Crippen molar-refractivity contribution in [3.63, 3.8) is 0 Å². The van der Waals surface area contributed by atoms with E-state index in [1.807, 2.05) is 17.8 Å². The Morgan fingerprint density at radius 3 is 3.14 bits per heavy atom. The van der Waals surface area contributed by atoms with Gasteiger partial charge in [-0.25, -0.2) is 0 Å². The zero-order chi connectivity index (χ0) is 10.2. The Kier molecular flexibility index (Phi) is 5.71. The first-order chi connectivity index (χ1) is 6.83. The summed E-state index contributed by atoms with van der Waals surface area (Å²) >= 11 is 2.00. The van der Waals surface area contributed by atoms with Gasteiger partial charge in [-0.3, -0.25) is 5.10 Å². The van der Waals surface area contributed by atoms with E-state index in [9.17, 15) is 0 Å². The summed E-state index contributed by atoms with van der Waals surface area (Å²) in [6.45, 7) is 5.32. The second-order valence-corrected chi connectivity index (χ2v) is 4.74. The molecular weight excluding hydrogens is 194 g/mol. The molecule has 1 aromatic rings. The van der Waals surface area contributed by atoms with Crippen molar-refractivity contribution in [1.29, 1.82) is 0 Å². The van der Waals surface area contributed by atoms with Gasteiger partial charge in [0.1, 0.15) is 0 Å². The molecule has 0 aromatic carbocycles. The van der Waals surface area contributed by atoms with Crippen LogP contribution in [0.5, 0.6) is 0 Å². The average molecular weight is 213 g/mol. The quantitative estimate of drug-likeness (QED) is 0.681. The predicted octanol–water partition coefficient (Wildman–Crippen LogP) is 2.03. The summed E-state index contributed by atoms with van der Waals surface area (Å²) in [5.74, 6) is 2.46. The van der Waals surface area contributed by atoms with E-state index in [1.54, 1.807) is 6.20 Å². The molecule has 0 bridgehead atoms. The van der Waals surface area contributed by atoms with Crippen molar-refractivity contribution in [3.8, 4) is 0 Å². The lowest BCUT2D eigenvalue weighted by Crippen LogP contribution is -2.26. The Labute approximate surface area is 90.1 Å². The number of H-pyrrole nitrogens is 1. The fourth-order valence-corrected chi connectivity index (χ4v) is 1.98. The van der Waals surface area contributed by atoms with Crippen LogP contribution in [0.4, 0.5) is 0 Å². The van der Waals surface area contributed by atoms with Gasteiger partial charge in [0, 0.05) is 24.5 Å². The van der Waals surface area contributed by atoms with Gasteiger partial charge in [-0.15, -0.1) is 0 Å². The molecule has 0 spiro atoms. The van der Waals surface area contributed by atoms with E-state index in [0.29, 0.717) is 6.04 Å². The summed E-state index contributed by atoms with van der Waals surface area (Å²) in [5, 5.41) is 10.3. The summed E-state index contributed by atoms with van der Waals surface area (Å²) in [5.41, 5.74) is 1.15. The van der Waals surface area contributed by atoms with Crippen molar-refractivity contribution in [3.05, 3.63) is 18.0 Å². The van der Waals surface area contributed by atoms with Crippen LogP contribution in [-0.2, 0) is 6.54 Å². The van der Waals surface area contributed by atoms with Crippen LogP contribution in [0.25, 0.3) is 0 Å². The number of thioether (sulfide) groups is 1. The molecule has 0 aliphatic rings. The van der Waals surface area contributed by atoms with E-state index < -0.39 is 0 Å². The van der Waals surface area contributed by atoms with Gasteiger partial charge in [0.2, 0.25) is 0 Å². The smallest absolute Gasteiger partial charge is 0.0490 e. The minimum Gasteiger partial charge on any atom is -0.309 e. The van der Waals surface area contributed by atoms with Gasteiger partial charge in [-0.1, -0.05) is 6.92 Å². The highest BCUT2D eigenvalue weighted by molar-refractivity contribution is 7.99. The minimum atomic E-state index is 0.581. The summed E-state index contributed by atoms with van der Waals surface area (Å²) < 4.78 is 0. The number of hydrogen-bond donors (Lipinski definition) is 2. The third kappa shape index (κ3) is 4.67. The summed E-state index contributed by atoms with van der Waals surface area (Å²) in [7, 11) is 0. The first-order valence-electron chi connectivity index (χ1n) is 5.12. The summed E-state index contributed by atoms with van der Waals surface area (Å²) in [6, 6.07) is 2.58. The molecule has 1 aromatic heterocycles. The standard InChI is InChI=1S/C10H19N3S/c1-3-14-7-5-9(2)11-8-10-4-6-12-13-10/h4,6,9,11H,3,5,7-8H2,1-2H3,(H,12,13). The van der Waals surface area contributed by atoms with E-state index >= 15 is 0 Å². The molecule has 0 aliphatic carbocycles. The van der Waals surface area contributed by atoms with Crippen LogP contribution in [0.1, 0.15) is 26.0 Å². The Morgan fingerprint density at radius 2 is 2.50 bits per heavy atom. The fraction of sp³-hybridized carbons (Fsp3) is 0.700. The first-order valence-corrected chi connectivity index (χ1v) is 6.27. The lowest BCUT2D eigenvalue weighted by Gasteiger charge is -2.12. The van der Waals surface area contributed by atoms with Crippen LogP contribution < -0.4 is 5.32 Å². The molecule has 14 heavy (non-hydrogen) atoms. The van der Waals surface area contributed by atoms with Gasteiger partial charge in [0.25, 0.3) is 0 Å². The molecule has 0 radical (unpaired) electrons. The van der Waals surface area contributed by atoms with Crippen LogP contribution in [0.2, 0.25) is 0 Å². The molecule has 0 saturated carbocycles. The number of hydrogen-bond acceptors (Lipinski definition) is 3. The molecule has 1 unspecified atom stereocenters. The van der Waals surface area contributed by atoms with E-state index in [2.05, 4.69) is 29.4 Å². The Bertz CT molecular complexity index is 223. The number of nitrogens with zero attached hydrogens (tertiary/aromatic N) is 1. The lowest BCUT2D eigenvalue weighted by atomic mass is 10.2. The van der Waals surface area contributed by atoms with Crippen molar-refractivity contribution in [2.75, 3.05) is 11.5 Å². The Hall–Kier alpha value is -0.480. The van der Waals surface area contributed by atoms with Crippen molar-refractivity contribution in [2.24, 2.45) is 0 Å². The topological polar surface area (TPSA) is 40.7 Å². The molecular formula is C10H19N3S. The molecule has 1 heterocycles. The van der Waals surface area contributed by atoms with Gasteiger partial charge in [0.15, 0.2) is 0 Å². The first kappa shape index (κ1) is 11.6. The van der Waals surface area contributed by atoms with E-state index in [-0.39, 0.29) is 0 Å². The zero-order valence-corrected chi connectivity index (χ0v) is 9.73. The molecule has 0 amide bonds. The number of nitrogens with one attached hydrogen (secondary N) is 2.